The van der Waals surface area contributed by atoms with Crippen LogP contribution in [0.5, 0.6) is 5.75 Å². The summed E-state index contributed by atoms with van der Waals surface area (Å²) in [6.45, 7) is 10.3. The molecular formula is C33H37F3N6O6. The highest BCUT2D eigenvalue weighted by Gasteiger charge is 2.55. The highest BCUT2D eigenvalue weighted by molar-refractivity contribution is 6.01. The summed E-state index contributed by atoms with van der Waals surface area (Å²) >= 11 is 0. The number of hydrogen-bond acceptors (Lipinski definition) is 9. The lowest BCUT2D eigenvalue weighted by Crippen LogP contribution is -2.73. The van der Waals surface area contributed by atoms with E-state index in [1.165, 1.54) is 23.0 Å². The van der Waals surface area contributed by atoms with Crippen LogP contribution in [0.3, 0.4) is 0 Å². The molecule has 256 valence electrons. The lowest BCUT2D eigenvalue weighted by molar-refractivity contribution is -0.274. The van der Waals surface area contributed by atoms with Gasteiger partial charge < -0.3 is 29.3 Å². The average molecular weight is 671 g/mol. The van der Waals surface area contributed by atoms with Crippen LogP contribution in [0.15, 0.2) is 47.5 Å². The van der Waals surface area contributed by atoms with Gasteiger partial charge in [0.2, 0.25) is 5.91 Å². The van der Waals surface area contributed by atoms with Gasteiger partial charge in [-0.25, -0.2) is 9.78 Å². The Labute approximate surface area is 274 Å². The van der Waals surface area contributed by atoms with Gasteiger partial charge in [-0.2, -0.15) is 0 Å². The molecule has 0 bridgehead atoms. The first kappa shape index (κ1) is 32.2. The third-order valence-electron chi connectivity index (χ3n) is 9.34. The van der Waals surface area contributed by atoms with E-state index in [1.807, 2.05) is 37.8 Å². The number of amides is 2. The number of morpholine rings is 1. The van der Waals surface area contributed by atoms with Crippen LogP contribution in [0.2, 0.25) is 0 Å². The maximum Gasteiger partial charge on any atom is 0.573 e. The molecular weight excluding hydrogens is 633 g/mol. The van der Waals surface area contributed by atoms with Crippen molar-refractivity contribution in [1.82, 2.24) is 19.4 Å². The van der Waals surface area contributed by atoms with E-state index in [9.17, 15) is 27.6 Å². The lowest BCUT2D eigenvalue weighted by atomic mass is 9.73. The molecule has 1 N–H and O–H groups in total. The number of fused-ring (bicyclic) bond motifs is 1. The summed E-state index contributed by atoms with van der Waals surface area (Å²) in [7, 11) is 0. The van der Waals surface area contributed by atoms with E-state index >= 15 is 0 Å². The van der Waals surface area contributed by atoms with E-state index < -0.39 is 34.7 Å². The monoisotopic (exact) mass is 670 g/mol. The summed E-state index contributed by atoms with van der Waals surface area (Å²) in [6.07, 6.45) is -2.83. The molecule has 2 aromatic carbocycles. The third kappa shape index (κ3) is 6.16. The minimum atomic E-state index is -4.99. The number of benzene rings is 2. The fourth-order valence-electron chi connectivity index (χ4n) is 6.87. The molecule has 15 heteroatoms. The van der Waals surface area contributed by atoms with Crippen LogP contribution in [-0.4, -0.2) is 101 Å². The minimum absolute atomic E-state index is 0.0131. The first-order valence-corrected chi connectivity index (χ1v) is 15.9. The number of hydrogen-bond donors (Lipinski definition) is 1. The third-order valence-corrected chi connectivity index (χ3v) is 9.34. The Balaban J connectivity index is 1.09. The normalized spacial score (nSPS) is 20.2. The molecule has 4 aliphatic rings. The smallest absolute Gasteiger partial charge is 0.444 e. The Morgan fingerprint density at radius 2 is 1.65 bits per heavy atom. The summed E-state index contributed by atoms with van der Waals surface area (Å²) in [5, 5.41) is 2.97. The SMILES string of the molecule is CC(C)(C)OC(=O)N1CC2(C1)CN(c1ccc3c(=O)n(-c4ccc(OC(F)(F)F)c(NC(=O)C5(N6CCOCC6)CC5)c4)cnc3c1)C2. The first-order chi connectivity index (χ1) is 22.6. The number of carbonyl (C=O) groups is 2. The number of ether oxygens (including phenoxy) is 3. The highest BCUT2D eigenvalue weighted by atomic mass is 19.4. The molecule has 4 heterocycles. The Kier molecular flexibility index (Phi) is 7.62. The molecule has 3 aliphatic heterocycles. The van der Waals surface area contributed by atoms with Crippen molar-refractivity contribution in [2.24, 2.45) is 5.41 Å². The molecule has 1 aliphatic carbocycles. The summed E-state index contributed by atoms with van der Waals surface area (Å²) in [5.41, 5.74) is -0.416. The van der Waals surface area contributed by atoms with Crippen LogP contribution in [0.25, 0.3) is 16.6 Å². The average Bonchev–Trinajstić information content (AvgIpc) is 3.78. The number of nitrogens with one attached hydrogen (secondary N) is 1. The minimum Gasteiger partial charge on any atom is -0.444 e. The quantitative estimate of drug-likeness (QED) is 0.413. The molecule has 4 fully saturated rings. The number of carbonyl (C=O) groups excluding carboxylic acids is 2. The zero-order valence-corrected chi connectivity index (χ0v) is 26.9. The van der Waals surface area contributed by atoms with Gasteiger partial charge in [0.15, 0.2) is 5.75 Å². The van der Waals surface area contributed by atoms with E-state index in [0.29, 0.717) is 63.1 Å². The Hall–Kier alpha value is -4.37. The number of alkyl halides is 3. The van der Waals surface area contributed by atoms with Crippen molar-refractivity contribution in [3.05, 3.63) is 53.1 Å². The molecule has 1 saturated carbocycles. The number of anilines is 2. The zero-order valence-electron chi connectivity index (χ0n) is 26.9. The van der Waals surface area contributed by atoms with Crippen molar-refractivity contribution in [2.75, 3.05) is 62.7 Å². The van der Waals surface area contributed by atoms with Gasteiger partial charge in [-0.05, 0) is 70.0 Å². The fourth-order valence-corrected chi connectivity index (χ4v) is 6.87. The van der Waals surface area contributed by atoms with Crippen molar-refractivity contribution >= 4 is 34.3 Å². The van der Waals surface area contributed by atoms with Gasteiger partial charge in [0.1, 0.15) is 17.5 Å². The lowest BCUT2D eigenvalue weighted by Gasteiger charge is -2.60. The van der Waals surface area contributed by atoms with E-state index in [1.54, 1.807) is 11.0 Å². The van der Waals surface area contributed by atoms with Gasteiger partial charge in [-0.15, -0.1) is 13.2 Å². The number of aromatic nitrogens is 2. The summed E-state index contributed by atoms with van der Waals surface area (Å²) in [6, 6.07) is 9.02. The Morgan fingerprint density at radius 3 is 2.29 bits per heavy atom. The van der Waals surface area contributed by atoms with Crippen LogP contribution >= 0.6 is 0 Å². The second kappa shape index (κ2) is 11.4. The summed E-state index contributed by atoms with van der Waals surface area (Å²) in [5.74, 6) is -1.02. The molecule has 0 unspecified atom stereocenters. The Bertz CT molecular complexity index is 1810. The molecule has 3 aromatic rings. The van der Waals surface area contributed by atoms with Crippen molar-refractivity contribution < 1.29 is 37.0 Å². The largest absolute Gasteiger partial charge is 0.573 e. The zero-order chi connectivity index (χ0) is 34.1. The van der Waals surface area contributed by atoms with E-state index in [4.69, 9.17) is 9.47 Å². The van der Waals surface area contributed by atoms with Crippen LogP contribution < -0.4 is 20.5 Å². The van der Waals surface area contributed by atoms with Crippen LogP contribution in [-0.2, 0) is 14.3 Å². The predicted octanol–water partition coefficient (Wildman–Crippen LogP) is 4.14. The van der Waals surface area contributed by atoms with Crippen molar-refractivity contribution in [2.45, 2.75) is 51.1 Å². The molecule has 7 rings (SSSR count). The number of rotatable bonds is 6. The second-order valence-corrected chi connectivity index (χ2v) is 14.1. The number of nitrogens with zero attached hydrogens (tertiary/aromatic N) is 5. The van der Waals surface area contributed by atoms with Crippen molar-refractivity contribution in [1.29, 1.82) is 0 Å². The van der Waals surface area contributed by atoms with Gasteiger partial charge in [-0.3, -0.25) is 19.1 Å². The molecule has 0 atom stereocenters. The summed E-state index contributed by atoms with van der Waals surface area (Å²) in [4.78, 5) is 49.8. The molecule has 1 aromatic heterocycles. The molecule has 0 radical (unpaired) electrons. The van der Waals surface area contributed by atoms with Crippen LogP contribution in [0.1, 0.15) is 33.6 Å². The highest BCUT2D eigenvalue weighted by Crippen LogP contribution is 2.45. The standard InChI is InChI=1S/C33H37F3N6O6/c1-30(2,3)48-29(45)40-18-31(19-40)16-39(17-31)21-4-6-23-24(14-21)37-20-42(27(23)43)22-5-7-26(47-33(34,35)36)25(15-22)38-28(44)32(8-9-32)41-10-12-46-13-11-41/h4-7,14-15,20H,8-13,16-19H2,1-3H3,(H,38,44). The maximum atomic E-state index is 13.6. The molecule has 3 saturated heterocycles. The molecule has 1 spiro atoms. The maximum absolute atomic E-state index is 13.6. The van der Waals surface area contributed by atoms with Crippen molar-refractivity contribution in [3.8, 4) is 11.4 Å². The first-order valence-electron chi connectivity index (χ1n) is 15.9. The van der Waals surface area contributed by atoms with E-state index in [-0.39, 0.29) is 22.9 Å². The fraction of sp³-hybridized carbons (Fsp3) is 0.515. The van der Waals surface area contributed by atoms with Crippen LogP contribution in [0.4, 0.5) is 29.3 Å². The number of halogens is 3. The van der Waals surface area contributed by atoms with Gasteiger partial charge in [0.05, 0.1) is 35.5 Å². The Morgan fingerprint density at radius 1 is 0.958 bits per heavy atom. The van der Waals surface area contributed by atoms with Gasteiger partial charge in [0, 0.05) is 50.4 Å². The van der Waals surface area contributed by atoms with Crippen LogP contribution in [0, 0.1) is 5.41 Å². The second-order valence-electron chi connectivity index (χ2n) is 14.1. The van der Waals surface area contributed by atoms with E-state index in [0.717, 1.165) is 24.8 Å². The molecule has 48 heavy (non-hydrogen) atoms. The summed E-state index contributed by atoms with van der Waals surface area (Å²) < 4.78 is 56.2. The molecule has 12 nitrogen and oxygen atoms in total. The van der Waals surface area contributed by atoms with E-state index in [2.05, 4.69) is 19.9 Å². The van der Waals surface area contributed by atoms with Gasteiger partial charge in [-0.1, -0.05) is 0 Å². The van der Waals surface area contributed by atoms with Gasteiger partial charge >= 0.3 is 12.5 Å². The molecule has 2 amide bonds. The van der Waals surface area contributed by atoms with Gasteiger partial charge in [0.25, 0.3) is 5.56 Å². The van der Waals surface area contributed by atoms with Crippen molar-refractivity contribution in [3.63, 3.8) is 0 Å². The topological polar surface area (TPSA) is 118 Å². The number of likely N-dealkylation sites (tertiary alicyclic amines) is 1. The predicted molar refractivity (Wildman–Crippen MR) is 169 cm³/mol.